The monoisotopic (exact) mass is 309 g/mol. The van der Waals surface area contributed by atoms with Crippen molar-refractivity contribution >= 4 is 15.7 Å². The third kappa shape index (κ3) is 4.54. The molecule has 21 heavy (non-hydrogen) atoms. The predicted octanol–water partition coefficient (Wildman–Crippen LogP) is 1.15. The topological polar surface area (TPSA) is 99.8 Å². The van der Waals surface area contributed by atoms with Crippen molar-refractivity contribution in [3.63, 3.8) is 0 Å². The number of sulfonamides is 1. The lowest BCUT2D eigenvalue weighted by Crippen LogP contribution is -2.23. The van der Waals surface area contributed by atoms with Gasteiger partial charge in [-0.05, 0) is 30.7 Å². The zero-order valence-corrected chi connectivity index (χ0v) is 12.7. The minimum atomic E-state index is -3.38. The number of hydrogen-bond acceptors (Lipinski definition) is 5. The lowest BCUT2D eigenvalue weighted by atomic mass is 10.2. The smallest absolute Gasteiger partial charge is 0.240 e. The molecule has 0 aliphatic carbocycles. The van der Waals surface area contributed by atoms with E-state index >= 15 is 0 Å². The van der Waals surface area contributed by atoms with Gasteiger partial charge >= 0.3 is 0 Å². The number of anilines is 1. The zero-order chi connectivity index (χ0) is 15.1. The summed E-state index contributed by atoms with van der Waals surface area (Å²) in [6, 6.07) is 6.71. The highest BCUT2D eigenvalue weighted by Gasteiger charge is 2.11. The van der Waals surface area contributed by atoms with E-state index in [1.54, 1.807) is 31.2 Å². The van der Waals surface area contributed by atoms with Crippen molar-refractivity contribution < 1.29 is 8.42 Å². The van der Waals surface area contributed by atoms with Crippen molar-refractivity contribution in [1.29, 1.82) is 0 Å². The number of aromatic amines is 1. The first-order valence-corrected chi connectivity index (χ1v) is 8.28. The van der Waals surface area contributed by atoms with Crippen LogP contribution in [0.3, 0.4) is 0 Å². The van der Waals surface area contributed by atoms with Gasteiger partial charge in [0, 0.05) is 25.2 Å². The largest absolute Gasteiger partial charge is 0.385 e. The molecule has 0 atom stereocenters. The summed E-state index contributed by atoms with van der Waals surface area (Å²) in [4.78, 5) is 4.32. The van der Waals surface area contributed by atoms with Crippen LogP contribution < -0.4 is 10.0 Å². The van der Waals surface area contributed by atoms with Gasteiger partial charge in [0.1, 0.15) is 12.2 Å². The van der Waals surface area contributed by atoms with Gasteiger partial charge in [0.25, 0.3) is 0 Å². The number of rotatable bonds is 8. The second-order valence-corrected chi connectivity index (χ2v) is 6.26. The number of aryl methyl sites for hydroxylation is 1. The first-order chi connectivity index (χ1) is 10.1. The lowest BCUT2D eigenvalue weighted by Gasteiger charge is -2.08. The Morgan fingerprint density at radius 1 is 1.24 bits per heavy atom. The number of nitrogens with zero attached hydrogens (tertiary/aromatic N) is 2. The van der Waals surface area contributed by atoms with Crippen LogP contribution in [-0.4, -0.2) is 36.7 Å². The first-order valence-electron chi connectivity index (χ1n) is 6.79. The van der Waals surface area contributed by atoms with Gasteiger partial charge in [-0.2, -0.15) is 5.10 Å². The van der Waals surface area contributed by atoms with Gasteiger partial charge in [0.05, 0.1) is 4.90 Å². The molecule has 2 rings (SSSR count). The molecule has 1 heterocycles. The van der Waals surface area contributed by atoms with Gasteiger partial charge < -0.3 is 5.32 Å². The minimum absolute atomic E-state index is 0.275. The van der Waals surface area contributed by atoms with Crippen LogP contribution in [0, 0.1) is 0 Å². The van der Waals surface area contributed by atoms with Gasteiger partial charge in [-0.15, -0.1) is 0 Å². The molecule has 8 heteroatoms. The minimum Gasteiger partial charge on any atom is -0.385 e. The molecule has 0 radical (unpaired) electrons. The Labute approximate surface area is 124 Å². The molecule has 0 aliphatic heterocycles. The number of H-pyrrole nitrogens is 1. The molecule has 7 nitrogen and oxygen atoms in total. The Bertz CT molecular complexity index is 638. The van der Waals surface area contributed by atoms with Crippen LogP contribution in [0.1, 0.15) is 19.2 Å². The van der Waals surface area contributed by atoms with Crippen molar-refractivity contribution in [2.45, 2.75) is 24.7 Å². The first kappa shape index (κ1) is 15.5. The molecule has 0 bridgehead atoms. The number of hydrogen-bond donors (Lipinski definition) is 3. The summed E-state index contributed by atoms with van der Waals surface area (Å²) in [5.41, 5.74) is 0.892. The third-order valence-electron chi connectivity index (χ3n) is 2.88. The summed E-state index contributed by atoms with van der Waals surface area (Å²) in [5.74, 6) is 0.865. The van der Waals surface area contributed by atoms with Crippen molar-refractivity contribution in [3.8, 4) is 0 Å². The molecule has 0 spiro atoms. The van der Waals surface area contributed by atoms with E-state index in [9.17, 15) is 8.42 Å². The Morgan fingerprint density at radius 3 is 2.62 bits per heavy atom. The summed E-state index contributed by atoms with van der Waals surface area (Å²) in [7, 11) is -3.38. The fourth-order valence-corrected chi connectivity index (χ4v) is 2.91. The van der Waals surface area contributed by atoms with Gasteiger partial charge in [-0.25, -0.2) is 18.1 Å². The zero-order valence-electron chi connectivity index (χ0n) is 11.8. The molecule has 1 aromatic heterocycles. The van der Waals surface area contributed by atoms with E-state index in [0.29, 0.717) is 6.54 Å². The molecule has 114 valence electrons. The SMILES string of the molecule is CCNS(=O)(=O)c1ccc(NCCCc2ncn[nH]2)cc1. The van der Waals surface area contributed by atoms with E-state index in [-0.39, 0.29) is 4.90 Å². The molecule has 2 aromatic rings. The maximum atomic E-state index is 11.8. The van der Waals surface area contributed by atoms with Crippen molar-refractivity contribution in [3.05, 3.63) is 36.4 Å². The molecule has 0 amide bonds. The van der Waals surface area contributed by atoms with Crippen LogP contribution in [0.15, 0.2) is 35.5 Å². The van der Waals surface area contributed by atoms with Crippen LogP contribution in [0.5, 0.6) is 0 Å². The Morgan fingerprint density at radius 2 is 2.00 bits per heavy atom. The predicted molar refractivity (Wildman–Crippen MR) is 80.5 cm³/mol. The van der Waals surface area contributed by atoms with Crippen LogP contribution in [0.4, 0.5) is 5.69 Å². The molecule has 1 aromatic carbocycles. The van der Waals surface area contributed by atoms with E-state index in [0.717, 1.165) is 30.9 Å². The molecule has 0 unspecified atom stereocenters. The summed E-state index contributed by atoms with van der Waals surface area (Å²) < 4.78 is 26.0. The van der Waals surface area contributed by atoms with Crippen LogP contribution in [0.25, 0.3) is 0 Å². The van der Waals surface area contributed by atoms with Crippen molar-refractivity contribution in [2.75, 3.05) is 18.4 Å². The van der Waals surface area contributed by atoms with Crippen LogP contribution in [-0.2, 0) is 16.4 Å². The number of nitrogens with one attached hydrogen (secondary N) is 3. The Hall–Kier alpha value is -1.93. The van der Waals surface area contributed by atoms with E-state index in [4.69, 9.17) is 0 Å². The molecule has 0 fully saturated rings. The number of benzene rings is 1. The highest BCUT2D eigenvalue weighted by atomic mass is 32.2. The molecule has 0 aliphatic rings. The molecular weight excluding hydrogens is 290 g/mol. The quantitative estimate of drug-likeness (QED) is 0.635. The van der Waals surface area contributed by atoms with E-state index in [1.165, 1.54) is 6.33 Å². The molecule has 0 saturated carbocycles. The maximum Gasteiger partial charge on any atom is 0.240 e. The third-order valence-corrected chi connectivity index (χ3v) is 4.44. The fourth-order valence-electron chi connectivity index (χ4n) is 1.87. The van der Waals surface area contributed by atoms with E-state index < -0.39 is 10.0 Å². The fraction of sp³-hybridized carbons (Fsp3) is 0.385. The average molecular weight is 309 g/mol. The number of aromatic nitrogens is 3. The van der Waals surface area contributed by atoms with Crippen molar-refractivity contribution in [2.24, 2.45) is 0 Å². The lowest BCUT2D eigenvalue weighted by molar-refractivity contribution is 0.584. The van der Waals surface area contributed by atoms with Crippen LogP contribution in [0.2, 0.25) is 0 Å². The normalized spacial score (nSPS) is 11.5. The van der Waals surface area contributed by atoms with Gasteiger partial charge in [0.2, 0.25) is 10.0 Å². The van der Waals surface area contributed by atoms with Gasteiger partial charge in [0.15, 0.2) is 0 Å². The summed E-state index contributed by atoms with van der Waals surface area (Å²) >= 11 is 0. The highest BCUT2D eigenvalue weighted by Crippen LogP contribution is 2.13. The summed E-state index contributed by atoms with van der Waals surface area (Å²) in [5, 5.41) is 9.84. The second kappa shape index (κ2) is 7.19. The standard InChI is InChI=1S/C13H19N5O2S/c1-2-17-21(19,20)12-7-5-11(6-8-12)14-9-3-4-13-15-10-16-18-13/h5-8,10,14,17H,2-4,9H2,1H3,(H,15,16,18). The van der Waals surface area contributed by atoms with E-state index in [1.807, 2.05) is 0 Å². The molecular formula is C13H19N5O2S. The molecule has 3 N–H and O–H groups in total. The van der Waals surface area contributed by atoms with Gasteiger partial charge in [-0.3, -0.25) is 5.10 Å². The molecule has 0 saturated heterocycles. The average Bonchev–Trinajstić information content (AvgIpc) is 2.97. The summed E-state index contributed by atoms with van der Waals surface area (Å²) in [6.45, 7) is 2.91. The Kier molecular flexibility index (Phi) is 5.29. The second-order valence-electron chi connectivity index (χ2n) is 4.49. The van der Waals surface area contributed by atoms with Crippen LogP contribution >= 0.6 is 0 Å². The van der Waals surface area contributed by atoms with Crippen molar-refractivity contribution in [1.82, 2.24) is 19.9 Å². The Balaban J connectivity index is 1.82. The van der Waals surface area contributed by atoms with E-state index in [2.05, 4.69) is 25.2 Å². The highest BCUT2D eigenvalue weighted by molar-refractivity contribution is 7.89. The maximum absolute atomic E-state index is 11.8. The summed E-state index contributed by atoms with van der Waals surface area (Å²) in [6.07, 6.45) is 3.22. The van der Waals surface area contributed by atoms with Gasteiger partial charge in [-0.1, -0.05) is 6.92 Å².